The van der Waals surface area contributed by atoms with E-state index in [-0.39, 0.29) is 11.7 Å². The van der Waals surface area contributed by atoms with E-state index in [4.69, 9.17) is 0 Å². The van der Waals surface area contributed by atoms with Crippen LogP contribution in [-0.4, -0.2) is 31.5 Å². The van der Waals surface area contributed by atoms with E-state index in [9.17, 15) is 4.79 Å². The summed E-state index contributed by atoms with van der Waals surface area (Å²) in [5.41, 5.74) is 3.58. The van der Waals surface area contributed by atoms with Gasteiger partial charge in [-0.3, -0.25) is 4.79 Å². The number of aryl methyl sites for hydroxylation is 1. The smallest absolute Gasteiger partial charge is 0.234 e. The van der Waals surface area contributed by atoms with Gasteiger partial charge >= 0.3 is 0 Å². The van der Waals surface area contributed by atoms with Gasteiger partial charge in [0.1, 0.15) is 5.03 Å². The molecule has 27 heavy (non-hydrogen) atoms. The number of carbonyl (C=O) groups is 1. The minimum absolute atomic E-state index is 0.0735. The van der Waals surface area contributed by atoms with Crippen molar-refractivity contribution < 1.29 is 4.79 Å². The van der Waals surface area contributed by atoms with Gasteiger partial charge in [-0.25, -0.2) is 0 Å². The molecular weight excluding hydrogens is 358 g/mol. The molecule has 4 aromatic rings. The quantitative estimate of drug-likeness (QED) is 0.537. The first-order valence-corrected chi connectivity index (χ1v) is 9.45. The third kappa shape index (κ3) is 3.98. The zero-order valence-corrected chi connectivity index (χ0v) is 15.5. The second kappa shape index (κ2) is 7.59. The van der Waals surface area contributed by atoms with Gasteiger partial charge < -0.3 is 5.32 Å². The van der Waals surface area contributed by atoms with Crippen molar-refractivity contribution in [1.82, 2.24) is 19.8 Å². The van der Waals surface area contributed by atoms with E-state index in [1.807, 2.05) is 73.7 Å². The number of carbonyl (C=O) groups excluding carboxylic acids is 1. The lowest BCUT2D eigenvalue weighted by Crippen LogP contribution is -2.14. The summed E-state index contributed by atoms with van der Waals surface area (Å²) in [6.07, 6.45) is 0. The van der Waals surface area contributed by atoms with Crippen LogP contribution in [0.4, 0.5) is 5.69 Å². The van der Waals surface area contributed by atoms with Gasteiger partial charge in [-0.15, -0.1) is 10.2 Å². The van der Waals surface area contributed by atoms with Crippen LogP contribution in [0.15, 0.2) is 71.8 Å². The van der Waals surface area contributed by atoms with Crippen molar-refractivity contribution in [2.24, 2.45) is 0 Å². The van der Waals surface area contributed by atoms with E-state index < -0.39 is 0 Å². The first-order chi connectivity index (χ1) is 13.2. The number of para-hydroxylation sites is 1. The molecule has 1 N–H and O–H groups in total. The first-order valence-electron chi connectivity index (χ1n) is 8.46. The lowest BCUT2D eigenvalue weighted by molar-refractivity contribution is -0.113. The predicted octanol–water partition coefficient (Wildman–Crippen LogP) is 3.83. The van der Waals surface area contributed by atoms with Crippen LogP contribution in [-0.2, 0) is 4.79 Å². The van der Waals surface area contributed by atoms with E-state index in [2.05, 4.69) is 20.6 Å². The number of thioether (sulfide) groups is 1. The highest BCUT2D eigenvalue weighted by molar-refractivity contribution is 7.99. The summed E-state index contributed by atoms with van der Waals surface area (Å²) in [4.78, 5) is 12.1. The van der Waals surface area contributed by atoms with E-state index in [1.54, 1.807) is 4.52 Å². The summed E-state index contributed by atoms with van der Waals surface area (Å²) in [6, 6.07) is 21.2. The number of hydrogen-bond donors (Lipinski definition) is 1. The Bertz CT molecular complexity index is 1080. The fraction of sp³-hybridized carbons (Fsp3) is 0.100. The van der Waals surface area contributed by atoms with E-state index >= 15 is 0 Å². The number of nitrogens with zero attached hydrogens (tertiary/aromatic N) is 4. The second-order valence-corrected chi connectivity index (χ2v) is 7.03. The molecule has 0 aliphatic heterocycles. The molecular formula is C20H17N5OS. The van der Waals surface area contributed by atoms with Crippen LogP contribution >= 0.6 is 11.8 Å². The standard InChI is InChI=1S/C20H17N5OS/c1-14-7-9-15(10-8-14)20-23-22-17-11-12-19(24-25(17)20)27-13-18(26)21-16-5-3-2-4-6-16/h2-12H,13H2,1H3,(H,21,26). The minimum Gasteiger partial charge on any atom is -0.325 e. The maximum atomic E-state index is 12.1. The molecule has 1 amide bonds. The van der Waals surface area contributed by atoms with Crippen LogP contribution in [0.1, 0.15) is 5.56 Å². The zero-order chi connectivity index (χ0) is 18.6. The van der Waals surface area contributed by atoms with Crippen molar-refractivity contribution in [2.45, 2.75) is 11.9 Å². The average Bonchev–Trinajstić information content (AvgIpc) is 3.11. The number of fused-ring (bicyclic) bond motifs is 1. The monoisotopic (exact) mass is 375 g/mol. The zero-order valence-electron chi connectivity index (χ0n) is 14.7. The van der Waals surface area contributed by atoms with Gasteiger partial charge in [0.25, 0.3) is 0 Å². The predicted molar refractivity (Wildman–Crippen MR) is 107 cm³/mol. The molecule has 6 nitrogen and oxygen atoms in total. The number of hydrogen-bond acceptors (Lipinski definition) is 5. The third-order valence-corrected chi connectivity index (χ3v) is 4.88. The third-order valence-electron chi connectivity index (χ3n) is 3.96. The maximum Gasteiger partial charge on any atom is 0.234 e. The highest BCUT2D eigenvalue weighted by Crippen LogP contribution is 2.21. The van der Waals surface area contributed by atoms with Gasteiger partial charge in [-0.1, -0.05) is 59.8 Å². The van der Waals surface area contributed by atoms with Gasteiger partial charge in [-0.2, -0.15) is 9.61 Å². The highest BCUT2D eigenvalue weighted by Gasteiger charge is 2.11. The molecule has 2 heterocycles. The van der Waals surface area contributed by atoms with Crippen LogP contribution in [0.25, 0.3) is 17.0 Å². The Labute approximate surface area is 160 Å². The van der Waals surface area contributed by atoms with Crippen LogP contribution in [0.3, 0.4) is 0 Å². The molecule has 0 atom stereocenters. The number of nitrogens with one attached hydrogen (secondary N) is 1. The van der Waals surface area contributed by atoms with Gasteiger partial charge in [-0.05, 0) is 31.2 Å². The van der Waals surface area contributed by atoms with E-state index in [0.29, 0.717) is 11.5 Å². The molecule has 7 heteroatoms. The molecule has 0 aliphatic rings. The van der Waals surface area contributed by atoms with Crippen LogP contribution in [0.2, 0.25) is 0 Å². The lowest BCUT2D eigenvalue weighted by Gasteiger charge is -2.05. The van der Waals surface area contributed by atoms with Crippen molar-refractivity contribution in [3.8, 4) is 11.4 Å². The summed E-state index contributed by atoms with van der Waals surface area (Å²) < 4.78 is 1.71. The number of aromatic nitrogens is 4. The van der Waals surface area contributed by atoms with Crippen molar-refractivity contribution in [2.75, 3.05) is 11.1 Å². The number of rotatable bonds is 5. The van der Waals surface area contributed by atoms with Crippen molar-refractivity contribution >= 4 is 29.0 Å². The Balaban J connectivity index is 1.50. The molecule has 0 radical (unpaired) electrons. The number of anilines is 1. The Morgan fingerprint density at radius 2 is 1.78 bits per heavy atom. The topological polar surface area (TPSA) is 72.2 Å². The Hall–Kier alpha value is -3.19. The summed E-state index contributed by atoms with van der Waals surface area (Å²) in [5.74, 6) is 0.881. The molecule has 2 aromatic heterocycles. The molecule has 0 spiro atoms. The van der Waals surface area contributed by atoms with Gasteiger partial charge in [0, 0.05) is 11.3 Å². The Morgan fingerprint density at radius 1 is 1.00 bits per heavy atom. The molecule has 0 unspecified atom stereocenters. The van der Waals surface area contributed by atoms with Gasteiger partial charge in [0.15, 0.2) is 11.5 Å². The molecule has 2 aromatic carbocycles. The van der Waals surface area contributed by atoms with Crippen molar-refractivity contribution in [3.63, 3.8) is 0 Å². The molecule has 0 saturated heterocycles. The number of benzene rings is 2. The Kier molecular flexibility index (Phi) is 4.84. The van der Waals surface area contributed by atoms with Crippen LogP contribution < -0.4 is 5.32 Å². The molecule has 0 fully saturated rings. The first kappa shape index (κ1) is 17.2. The molecule has 0 bridgehead atoms. The SMILES string of the molecule is Cc1ccc(-c2nnc3ccc(SCC(=O)Nc4ccccc4)nn23)cc1. The molecule has 134 valence electrons. The van der Waals surface area contributed by atoms with E-state index in [0.717, 1.165) is 16.3 Å². The number of amides is 1. The van der Waals surface area contributed by atoms with Gasteiger partial charge in [0.2, 0.25) is 5.91 Å². The van der Waals surface area contributed by atoms with E-state index in [1.165, 1.54) is 17.3 Å². The van der Waals surface area contributed by atoms with Crippen LogP contribution in [0, 0.1) is 6.92 Å². The minimum atomic E-state index is -0.0735. The molecule has 0 aliphatic carbocycles. The average molecular weight is 375 g/mol. The fourth-order valence-electron chi connectivity index (χ4n) is 2.59. The summed E-state index contributed by atoms with van der Waals surface area (Å²) in [6.45, 7) is 2.04. The fourth-order valence-corrected chi connectivity index (χ4v) is 3.24. The van der Waals surface area contributed by atoms with Gasteiger partial charge in [0.05, 0.1) is 5.75 Å². The Morgan fingerprint density at radius 3 is 2.56 bits per heavy atom. The normalized spacial score (nSPS) is 10.9. The summed E-state index contributed by atoms with van der Waals surface area (Å²) >= 11 is 1.37. The maximum absolute atomic E-state index is 12.1. The summed E-state index contributed by atoms with van der Waals surface area (Å²) in [7, 11) is 0. The second-order valence-electron chi connectivity index (χ2n) is 6.03. The van der Waals surface area contributed by atoms with Crippen molar-refractivity contribution in [3.05, 3.63) is 72.3 Å². The highest BCUT2D eigenvalue weighted by atomic mass is 32.2. The molecule has 0 saturated carbocycles. The lowest BCUT2D eigenvalue weighted by atomic mass is 10.1. The van der Waals surface area contributed by atoms with Crippen molar-refractivity contribution in [1.29, 1.82) is 0 Å². The molecule has 4 rings (SSSR count). The summed E-state index contributed by atoms with van der Waals surface area (Å²) in [5, 5.41) is 16.6. The van der Waals surface area contributed by atoms with Crippen LogP contribution in [0.5, 0.6) is 0 Å². The largest absolute Gasteiger partial charge is 0.325 e.